The Morgan fingerprint density at radius 3 is 1.92 bits per heavy atom. The van der Waals surface area contributed by atoms with Crippen LogP contribution in [0.3, 0.4) is 0 Å². The molecular weight excluding hydrogens is 397 g/mol. The van der Waals surface area contributed by atoms with Crippen molar-refractivity contribution in [1.29, 1.82) is 0 Å². The Bertz CT molecular complexity index is 581. The summed E-state index contributed by atoms with van der Waals surface area (Å²) in [5.41, 5.74) is 0. The van der Waals surface area contributed by atoms with Gasteiger partial charge in [-0.2, -0.15) is 0 Å². The van der Waals surface area contributed by atoms with Gasteiger partial charge in [-0.05, 0) is 0 Å². The van der Waals surface area contributed by atoms with Gasteiger partial charge in [0.25, 0.3) is 0 Å². The van der Waals surface area contributed by atoms with Crippen molar-refractivity contribution in [2.75, 3.05) is 0 Å². The van der Waals surface area contributed by atoms with Gasteiger partial charge in [0.15, 0.2) is 0 Å². The molecule has 0 aliphatic heterocycles. The molecule has 0 radical (unpaired) electrons. The summed E-state index contributed by atoms with van der Waals surface area (Å²) < 4.78 is 5.93. The molecule has 134 valence electrons. The van der Waals surface area contributed by atoms with E-state index < -0.39 is 18.4 Å². The second kappa shape index (κ2) is 11.9. The molecule has 1 heterocycles. The molecular formula is C22H37NSn. The molecule has 0 saturated heterocycles. The van der Waals surface area contributed by atoms with Crippen molar-refractivity contribution in [3.05, 3.63) is 35.4 Å². The molecule has 1 nitrogen and oxygen atoms in total. The van der Waals surface area contributed by atoms with Crippen molar-refractivity contribution in [3.63, 3.8) is 0 Å². The Balaban J connectivity index is 3.41. The van der Waals surface area contributed by atoms with E-state index in [4.69, 9.17) is 4.98 Å². The molecule has 0 amide bonds. The van der Waals surface area contributed by atoms with Crippen LogP contribution in [0.5, 0.6) is 0 Å². The predicted octanol–water partition coefficient (Wildman–Crippen LogP) is 4.90. The van der Waals surface area contributed by atoms with Crippen LogP contribution in [0.25, 0.3) is 12.2 Å². The van der Waals surface area contributed by atoms with Gasteiger partial charge in [-0.1, -0.05) is 0 Å². The van der Waals surface area contributed by atoms with E-state index in [0.29, 0.717) is 0 Å². The first-order chi connectivity index (χ1) is 11.7. The van der Waals surface area contributed by atoms with E-state index in [1.807, 2.05) is 6.08 Å². The monoisotopic (exact) mass is 435 g/mol. The van der Waals surface area contributed by atoms with Crippen LogP contribution in [-0.4, -0.2) is 23.4 Å². The Labute approximate surface area is 153 Å². The first-order valence-electron chi connectivity index (χ1n) is 9.94. The molecule has 0 N–H and O–H groups in total. The van der Waals surface area contributed by atoms with Crippen molar-refractivity contribution in [3.8, 4) is 0 Å². The first-order valence-corrected chi connectivity index (χ1v) is 17.4. The Morgan fingerprint density at radius 1 is 0.958 bits per heavy atom. The zero-order chi connectivity index (χ0) is 17.8. The third-order valence-corrected chi connectivity index (χ3v) is 20.2. The normalized spacial score (nSPS) is 13.5. The van der Waals surface area contributed by atoms with Crippen molar-refractivity contribution in [2.24, 2.45) is 0 Å². The van der Waals surface area contributed by atoms with E-state index in [1.54, 1.807) is 0 Å². The minimum atomic E-state index is -2.41. The standard InChI is InChI=1S/C10H10N.3C4H9.Sn/c1-3-6-10-9(4-2)7-5-8-11-10;3*1-3-4-2;/h3-7H,1H2,2H3;3*1,3-4H2,2H3;/b9-4-,10-6+;;;;. The van der Waals surface area contributed by atoms with Crippen LogP contribution in [0.2, 0.25) is 13.3 Å². The number of hydrogen-bond donors (Lipinski definition) is 0. The fourth-order valence-corrected chi connectivity index (χ4v) is 19.0. The molecule has 0 spiro atoms. The molecule has 0 aromatic carbocycles. The van der Waals surface area contributed by atoms with Crippen LogP contribution < -0.4 is 14.3 Å². The maximum atomic E-state index is 5.20. The van der Waals surface area contributed by atoms with E-state index in [9.17, 15) is 0 Å². The minimum absolute atomic E-state index is 1.12. The van der Waals surface area contributed by atoms with Crippen LogP contribution in [0.15, 0.2) is 24.8 Å². The molecule has 0 atom stereocenters. The van der Waals surface area contributed by atoms with Crippen LogP contribution in [0, 0.1) is 0 Å². The molecule has 1 aromatic rings. The average Bonchev–Trinajstić information content (AvgIpc) is 2.61. The van der Waals surface area contributed by atoms with E-state index in [1.165, 1.54) is 60.8 Å². The molecule has 1 aromatic heterocycles. The van der Waals surface area contributed by atoms with Gasteiger partial charge in [-0.25, -0.2) is 0 Å². The summed E-state index contributed by atoms with van der Waals surface area (Å²) in [6, 6.07) is 4.68. The maximum absolute atomic E-state index is 5.20. The fraction of sp³-hybridized carbons (Fsp3) is 0.591. The van der Waals surface area contributed by atoms with E-state index in [0.717, 1.165) is 5.35 Å². The molecule has 24 heavy (non-hydrogen) atoms. The Kier molecular flexibility index (Phi) is 10.6. The van der Waals surface area contributed by atoms with E-state index >= 15 is 0 Å². The van der Waals surface area contributed by atoms with Crippen LogP contribution >= 0.6 is 0 Å². The molecule has 0 unspecified atom stereocenters. The zero-order valence-electron chi connectivity index (χ0n) is 16.4. The second-order valence-corrected chi connectivity index (χ2v) is 20.0. The molecule has 2 heteroatoms. The van der Waals surface area contributed by atoms with E-state index in [-0.39, 0.29) is 0 Å². The quantitative estimate of drug-likeness (QED) is 0.452. The third kappa shape index (κ3) is 6.06. The molecule has 0 aliphatic rings. The number of rotatable bonds is 11. The van der Waals surface area contributed by atoms with Gasteiger partial charge in [-0.15, -0.1) is 0 Å². The number of allylic oxidation sites excluding steroid dienone is 1. The summed E-state index contributed by atoms with van der Waals surface area (Å²) in [5, 5.41) is 2.36. The summed E-state index contributed by atoms with van der Waals surface area (Å²) in [7, 11) is 0. The third-order valence-electron chi connectivity index (χ3n) is 5.11. The first kappa shape index (κ1) is 21.5. The summed E-state index contributed by atoms with van der Waals surface area (Å²) >= 11 is -2.41. The molecule has 0 aliphatic carbocycles. The number of nitrogens with zero attached hydrogens (tertiary/aromatic N) is 1. The van der Waals surface area contributed by atoms with E-state index in [2.05, 4.69) is 58.6 Å². The summed E-state index contributed by atoms with van der Waals surface area (Å²) in [6.07, 6.45) is 14.2. The van der Waals surface area contributed by atoms with Crippen LogP contribution in [0.1, 0.15) is 66.2 Å². The topological polar surface area (TPSA) is 12.9 Å². The van der Waals surface area contributed by atoms with Gasteiger partial charge >= 0.3 is 154 Å². The van der Waals surface area contributed by atoms with Gasteiger partial charge < -0.3 is 0 Å². The van der Waals surface area contributed by atoms with Crippen molar-refractivity contribution in [2.45, 2.75) is 79.5 Å². The summed E-state index contributed by atoms with van der Waals surface area (Å²) in [5.74, 6) is 0. The fourth-order valence-electron chi connectivity index (χ4n) is 3.57. The molecule has 0 saturated carbocycles. The van der Waals surface area contributed by atoms with Crippen molar-refractivity contribution >= 4 is 34.2 Å². The predicted molar refractivity (Wildman–Crippen MR) is 113 cm³/mol. The van der Waals surface area contributed by atoms with Gasteiger partial charge in [-0.3, -0.25) is 0 Å². The molecule has 0 fully saturated rings. The zero-order valence-corrected chi connectivity index (χ0v) is 19.3. The van der Waals surface area contributed by atoms with Crippen LogP contribution in [-0.2, 0) is 0 Å². The second-order valence-electron chi connectivity index (χ2n) is 6.95. The number of unbranched alkanes of at least 4 members (excludes halogenated alkanes) is 3. The molecule has 1 rings (SSSR count). The van der Waals surface area contributed by atoms with Crippen molar-refractivity contribution < 1.29 is 0 Å². The summed E-state index contributed by atoms with van der Waals surface area (Å²) in [4.78, 5) is 5.20. The molecule has 0 bridgehead atoms. The number of hydrogen-bond acceptors (Lipinski definition) is 1. The van der Waals surface area contributed by atoms with Gasteiger partial charge in [0.2, 0.25) is 0 Å². The number of pyridine rings is 1. The van der Waals surface area contributed by atoms with Gasteiger partial charge in [0.1, 0.15) is 0 Å². The average molecular weight is 434 g/mol. The number of aromatic nitrogens is 1. The van der Waals surface area contributed by atoms with Crippen molar-refractivity contribution in [1.82, 2.24) is 4.98 Å². The Hall–Kier alpha value is -0.571. The van der Waals surface area contributed by atoms with Crippen LogP contribution in [0.4, 0.5) is 0 Å². The van der Waals surface area contributed by atoms with Gasteiger partial charge in [0, 0.05) is 0 Å². The SMILES string of the molecule is C=C/C=c1/n[c]([Sn]([CH2]CCC)([CH2]CCC)[CH2]CCC)cc/c1=C/C. The Morgan fingerprint density at radius 2 is 1.50 bits per heavy atom. The summed E-state index contributed by atoms with van der Waals surface area (Å²) in [6.45, 7) is 13.0. The van der Waals surface area contributed by atoms with Gasteiger partial charge in [0.05, 0.1) is 0 Å².